The highest BCUT2D eigenvalue weighted by Gasteiger charge is 2.13. The van der Waals surface area contributed by atoms with Crippen LogP contribution in [0, 0.1) is 0 Å². The minimum atomic E-state index is 0.0388. The van der Waals surface area contributed by atoms with E-state index in [1.807, 2.05) is 60.7 Å². The molecule has 0 aliphatic rings. The Morgan fingerprint density at radius 1 is 0.818 bits per heavy atom. The molecule has 3 rings (SSSR count). The van der Waals surface area contributed by atoms with E-state index in [2.05, 4.69) is 5.32 Å². The molecule has 0 saturated carbocycles. The molecule has 0 atom stereocenters. The third kappa shape index (κ3) is 3.06. The van der Waals surface area contributed by atoms with Crippen LogP contribution in [0.4, 0.5) is 5.69 Å². The lowest BCUT2D eigenvalue weighted by atomic mass is 10.2. The molecule has 0 radical (unpaired) electrons. The lowest BCUT2D eigenvalue weighted by molar-refractivity contribution is 0.378. The van der Waals surface area contributed by atoms with Crippen LogP contribution in [0.25, 0.3) is 0 Å². The average Bonchev–Trinajstić information content (AvgIpc) is 2.82. The summed E-state index contributed by atoms with van der Waals surface area (Å²) in [7, 11) is 0. The standard InChI is InChI=1S/C18H18N2O2/c21-17-11-16(19-12-14-7-3-1-4-8-14)18(22)20(17)13-15-9-5-2-6-10-15/h1-11,19,21-22H,12-13H2. The first-order valence-electron chi connectivity index (χ1n) is 7.17. The summed E-state index contributed by atoms with van der Waals surface area (Å²) < 4.78 is 1.47. The zero-order valence-corrected chi connectivity index (χ0v) is 12.1. The first-order valence-corrected chi connectivity index (χ1v) is 7.17. The Labute approximate surface area is 129 Å². The molecule has 2 aromatic carbocycles. The smallest absolute Gasteiger partial charge is 0.218 e. The summed E-state index contributed by atoms with van der Waals surface area (Å²) in [6.45, 7) is 1.01. The van der Waals surface area contributed by atoms with Crippen LogP contribution < -0.4 is 5.32 Å². The summed E-state index contributed by atoms with van der Waals surface area (Å²) in [5.41, 5.74) is 2.65. The van der Waals surface area contributed by atoms with Gasteiger partial charge < -0.3 is 15.5 Å². The fourth-order valence-corrected chi connectivity index (χ4v) is 2.37. The second-order valence-electron chi connectivity index (χ2n) is 5.15. The van der Waals surface area contributed by atoms with Crippen molar-refractivity contribution in [3.63, 3.8) is 0 Å². The van der Waals surface area contributed by atoms with E-state index >= 15 is 0 Å². The van der Waals surface area contributed by atoms with Gasteiger partial charge in [-0.2, -0.15) is 0 Å². The van der Waals surface area contributed by atoms with Crippen LogP contribution >= 0.6 is 0 Å². The Morgan fingerprint density at radius 2 is 1.41 bits per heavy atom. The van der Waals surface area contributed by atoms with Crippen molar-refractivity contribution in [3.8, 4) is 11.8 Å². The van der Waals surface area contributed by atoms with Crippen LogP contribution in [0.5, 0.6) is 11.8 Å². The number of benzene rings is 2. The summed E-state index contributed by atoms with van der Waals surface area (Å²) in [6, 6.07) is 21.2. The fraction of sp³-hybridized carbons (Fsp3) is 0.111. The van der Waals surface area contributed by atoms with E-state index in [1.165, 1.54) is 4.57 Å². The molecule has 0 fully saturated rings. The summed E-state index contributed by atoms with van der Waals surface area (Å²) in [6.07, 6.45) is 0. The zero-order chi connectivity index (χ0) is 15.4. The van der Waals surface area contributed by atoms with Crippen LogP contribution in [0.1, 0.15) is 11.1 Å². The number of anilines is 1. The van der Waals surface area contributed by atoms with Crippen molar-refractivity contribution in [2.75, 3.05) is 5.32 Å². The van der Waals surface area contributed by atoms with Gasteiger partial charge in [0.05, 0.1) is 6.54 Å². The van der Waals surface area contributed by atoms with Gasteiger partial charge in [0.1, 0.15) is 5.69 Å². The number of aromatic nitrogens is 1. The summed E-state index contributed by atoms with van der Waals surface area (Å²) in [5, 5.41) is 23.5. The van der Waals surface area contributed by atoms with E-state index in [0.29, 0.717) is 18.8 Å². The van der Waals surface area contributed by atoms with Gasteiger partial charge in [-0.15, -0.1) is 0 Å². The van der Waals surface area contributed by atoms with Crippen molar-refractivity contribution in [2.24, 2.45) is 0 Å². The maximum absolute atomic E-state index is 10.3. The SMILES string of the molecule is Oc1cc(NCc2ccccc2)c(O)n1Cc1ccccc1. The number of hydrogen-bond acceptors (Lipinski definition) is 3. The zero-order valence-electron chi connectivity index (χ0n) is 12.1. The van der Waals surface area contributed by atoms with Gasteiger partial charge in [0.25, 0.3) is 0 Å². The number of hydrogen-bond donors (Lipinski definition) is 3. The summed E-state index contributed by atoms with van der Waals surface area (Å²) in [4.78, 5) is 0. The molecule has 1 heterocycles. The van der Waals surface area contributed by atoms with Crippen LogP contribution in [0.15, 0.2) is 66.7 Å². The lowest BCUT2D eigenvalue weighted by Gasteiger charge is -2.08. The largest absolute Gasteiger partial charge is 0.494 e. The third-order valence-corrected chi connectivity index (χ3v) is 3.56. The molecule has 0 unspecified atom stereocenters. The van der Waals surface area contributed by atoms with Gasteiger partial charge >= 0.3 is 0 Å². The van der Waals surface area contributed by atoms with Crippen molar-refractivity contribution < 1.29 is 10.2 Å². The second-order valence-corrected chi connectivity index (χ2v) is 5.15. The third-order valence-electron chi connectivity index (χ3n) is 3.56. The molecule has 0 bridgehead atoms. The Balaban J connectivity index is 1.75. The number of nitrogens with one attached hydrogen (secondary N) is 1. The lowest BCUT2D eigenvalue weighted by Crippen LogP contribution is -2.01. The van der Waals surface area contributed by atoms with Crippen molar-refractivity contribution in [2.45, 2.75) is 13.1 Å². The minimum absolute atomic E-state index is 0.0388. The quantitative estimate of drug-likeness (QED) is 0.674. The highest BCUT2D eigenvalue weighted by Crippen LogP contribution is 2.33. The van der Waals surface area contributed by atoms with E-state index in [0.717, 1.165) is 11.1 Å². The van der Waals surface area contributed by atoms with Gasteiger partial charge in [-0.1, -0.05) is 60.7 Å². The van der Waals surface area contributed by atoms with E-state index in [9.17, 15) is 10.2 Å². The molecule has 0 aliphatic carbocycles. The highest BCUT2D eigenvalue weighted by molar-refractivity contribution is 5.57. The topological polar surface area (TPSA) is 57.4 Å². The molecule has 3 N–H and O–H groups in total. The predicted molar refractivity (Wildman–Crippen MR) is 87.1 cm³/mol. The van der Waals surface area contributed by atoms with Gasteiger partial charge in [0, 0.05) is 12.6 Å². The van der Waals surface area contributed by atoms with Crippen molar-refractivity contribution in [3.05, 3.63) is 77.9 Å². The van der Waals surface area contributed by atoms with E-state index < -0.39 is 0 Å². The van der Waals surface area contributed by atoms with Gasteiger partial charge in [-0.25, -0.2) is 0 Å². The molecule has 0 amide bonds. The first-order chi connectivity index (χ1) is 10.7. The highest BCUT2D eigenvalue weighted by atomic mass is 16.3. The number of rotatable bonds is 5. The monoisotopic (exact) mass is 294 g/mol. The van der Waals surface area contributed by atoms with Crippen molar-refractivity contribution >= 4 is 5.69 Å². The molecule has 4 heteroatoms. The molecule has 112 valence electrons. The maximum Gasteiger partial charge on any atom is 0.218 e. The molecular weight excluding hydrogens is 276 g/mol. The van der Waals surface area contributed by atoms with Crippen LogP contribution in [0.3, 0.4) is 0 Å². The van der Waals surface area contributed by atoms with Gasteiger partial charge in [0.2, 0.25) is 5.88 Å². The van der Waals surface area contributed by atoms with Gasteiger partial charge in [-0.05, 0) is 11.1 Å². The minimum Gasteiger partial charge on any atom is -0.494 e. The predicted octanol–water partition coefficient (Wildman–Crippen LogP) is 3.56. The van der Waals surface area contributed by atoms with Gasteiger partial charge in [-0.3, -0.25) is 4.57 Å². The summed E-state index contributed by atoms with van der Waals surface area (Å²) in [5.74, 6) is 0.0780. The second kappa shape index (κ2) is 6.26. The number of aromatic hydroxyl groups is 2. The normalized spacial score (nSPS) is 10.5. The summed E-state index contributed by atoms with van der Waals surface area (Å²) >= 11 is 0. The molecule has 4 nitrogen and oxygen atoms in total. The first kappa shape index (κ1) is 14.1. The van der Waals surface area contributed by atoms with E-state index in [-0.39, 0.29) is 11.8 Å². The molecular formula is C18H18N2O2. The fourth-order valence-electron chi connectivity index (χ4n) is 2.37. The van der Waals surface area contributed by atoms with Crippen LogP contribution in [-0.4, -0.2) is 14.8 Å². The number of nitrogens with zero attached hydrogens (tertiary/aromatic N) is 1. The Morgan fingerprint density at radius 3 is 2.05 bits per heavy atom. The Bertz CT molecular complexity index is 737. The van der Waals surface area contributed by atoms with Crippen LogP contribution in [0.2, 0.25) is 0 Å². The molecule has 0 saturated heterocycles. The average molecular weight is 294 g/mol. The Kier molecular flexibility index (Phi) is 4.01. The van der Waals surface area contributed by atoms with Gasteiger partial charge in [0.15, 0.2) is 5.88 Å². The molecule has 0 aliphatic heterocycles. The maximum atomic E-state index is 10.3. The van der Waals surface area contributed by atoms with Crippen LogP contribution in [-0.2, 0) is 13.1 Å². The molecule has 1 aromatic heterocycles. The van der Waals surface area contributed by atoms with E-state index in [1.54, 1.807) is 6.07 Å². The molecule has 22 heavy (non-hydrogen) atoms. The van der Waals surface area contributed by atoms with E-state index in [4.69, 9.17) is 0 Å². The molecule has 3 aromatic rings. The molecule has 0 spiro atoms. The van der Waals surface area contributed by atoms with Crippen molar-refractivity contribution in [1.82, 2.24) is 4.57 Å². The Hall–Kier alpha value is -2.88. The van der Waals surface area contributed by atoms with Crippen molar-refractivity contribution in [1.29, 1.82) is 0 Å².